The summed E-state index contributed by atoms with van der Waals surface area (Å²) in [5.74, 6) is 0.385. The molecule has 1 fully saturated rings. The van der Waals surface area contributed by atoms with E-state index in [2.05, 4.69) is 5.32 Å². The van der Waals surface area contributed by atoms with Crippen molar-refractivity contribution in [1.29, 1.82) is 0 Å². The van der Waals surface area contributed by atoms with Crippen LogP contribution in [-0.2, 0) is 32.6 Å². The number of amides is 2. The number of anilines is 1. The molecule has 0 radical (unpaired) electrons. The number of nitrogens with one attached hydrogen (secondary N) is 1. The van der Waals surface area contributed by atoms with Gasteiger partial charge in [-0.2, -0.15) is 0 Å². The molecular formula is C39H45N3O7S. The lowest BCUT2D eigenvalue weighted by atomic mass is 9.94. The molecular weight excluding hydrogens is 655 g/mol. The number of rotatable bonds is 15. The number of carbonyl (C=O) groups is 2. The van der Waals surface area contributed by atoms with Gasteiger partial charge in [-0.1, -0.05) is 79.9 Å². The molecule has 0 spiro atoms. The third-order valence-corrected chi connectivity index (χ3v) is 10.7. The van der Waals surface area contributed by atoms with E-state index < -0.39 is 28.5 Å². The summed E-state index contributed by atoms with van der Waals surface area (Å²) in [5.41, 5.74) is 1.90. The quantitative estimate of drug-likeness (QED) is 0.162. The summed E-state index contributed by atoms with van der Waals surface area (Å²) in [7, 11) is 0.134. The molecule has 50 heavy (non-hydrogen) atoms. The fourth-order valence-corrected chi connectivity index (χ4v) is 7.72. The van der Waals surface area contributed by atoms with Crippen LogP contribution in [0.1, 0.15) is 43.2 Å². The van der Waals surface area contributed by atoms with Crippen LogP contribution in [0, 0.1) is 0 Å². The topological polar surface area (TPSA) is 114 Å². The van der Waals surface area contributed by atoms with Gasteiger partial charge in [-0.15, -0.1) is 0 Å². The van der Waals surface area contributed by atoms with Crippen molar-refractivity contribution in [3.05, 3.63) is 114 Å². The Hall–Kier alpha value is -5.03. The van der Waals surface area contributed by atoms with E-state index in [1.165, 1.54) is 37.3 Å². The SMILES string of the molecule is COc1cccc(CN(C(=O)CN(c2ccccc2)S(=O)(=O)c2ccc(OC)c(OC)c2)[C@@H](Cc2ccccc2)C(=O)NC2CCCCC2)c1. The Morgan fingerprint density at radius 2 is 1.42 bits per heavy atom. The predicted octanol–water partition coefficient (Wildman–Crippen LogP) is 6.00. The molecule has 1 N–H and O–H groups in total. The first kappa shape index (κ1) is 36.3. The van der Waals surface area contributed by atoms with Crippen molar-refractivity contribution in [2.45, 2.75) is 62.0 Å². The lowest BCUT2D eigenvalue weighted by Crippen LogP contribution is -2.55. The van der Waals surface area contributed by atoms with E-state index in [4.69, 9.17) is 14.2 Å². The molecule has 0 heterocycles. The van der Waals surface area contributed by atoms with Crippen LogP contribution in [0.15, 0.2) is 108 Å². The zero-order chi connectivity index (χ0) is 35.5. The minimum atomic E-state index is -4.32. The first-order chi connectivity index (χ1) is 24.2. The van der Waals surface area contributed by atoms with Gasteiger partial charge < -0.3 is 24.4 Å². The number of ether oxygens (including phenoxy) is 3. The zero-order valence-electron chi connectivity index (χ0n) is 28.8. The van der Waals surface area contributed by atoms with Crippen LogP contribution in [0.5, 0.6) is 17.2 Å². The molecule has 10 nitrogen and oxygen atoms in total. The number of sulfonamides is 1. The van der Waals surface area contributed by atoms with Crippen LogP contribution in [-0.4, -0.2) is 65.1 Å². The minimum absolute atomic E-state index is 0.00884. The van der Waals surface area contributed by atoms with Crippen LogP contribution in [0.4, 0.5) is 5.69 Å². The average molecular weight is 700 g/mol. The zero-order valence-corrected chi connectivity index (χ0v) is 29.6. The fraction of sp³-hybridized carbons (Fsp3) is 0.333. The highest BCUT2D eigenvalue weighted by Crippen LogP contribution is 2.32. The van der Waals surface area contributed by atoms with Gasteiger partial charge in [-0.05, 0) is 60.4 Å². The second-order valence-electron chi connectivity index (χ2n) is 12.3. The minimum Gasteiger partial charge on any atom is -0.497 e. The second-order valence-corrected chi connectivity index (χ2v) is 14.1. The Bertz CT molecular complexity index is 1830. The number of methoxy groups -OCH3 is 3. The van der Waals surface area contributed by atoms with E-state index in [-0.39, 0.29) is 35.6 Å². The Labute approximate surface area is 295 Å². The van der Waals surface area contributed by atoms with Crippen molar-refractivity contribution in [3.8, 4) is 17.2 Å². The number of hydrogen-bond acceptors (Lipinski definition) is 7. The summed E-state index contributed by atoms with van der Waals surface area (Å²) in [6.45, 7) is -0.517. The number of nitrogens with zero attached hydrogens (tertiary/aromatic N) is 2. The van der Waals surface area contributed by atoms with Crippen molar-refractivity contribution < 1.29 is 32.2 Å². The van der Waals surface area contributed by atoms with Crippen molar-refractivity contribution in [3.63, 3.8) is 0 Å². The Balaban J connectivity index is 1.57. The highest BCUT2D eigenvalue weighted by atomic mass is 32.2. The molecule has 0 saturated heterocycles. The normalized spacial score (nSPS) is 13.9. The largest absolute Gasteiger partial charge is 0.497 e. The van der Waals surface area contributed by atoms with E-state index in [0.29, 0.717) is 17.2 Å². The smallest absolute Gasteiger partial charge is 0.264 e. The molecule has 4 aromatic rings. The first-order valence-corrected chi connectivity index (χ1v) is 18.2. The molecule has 1 aliphatic rings. The average Bonchev–Trinajstić information content (AvgIpc) is 3.15. The second kappa shape index (κ2) is 17.1. The lowest BCUT2D eigenvalue weighted by Gasteiger charge is -2.35. The molecule has 264 valence electrons. The molecule has 0 unspecified atom stereocenters. The maximum atomic E-state index is 14.8. The lowest BCUT2D eigenvalue weighted by molar-refractivity contribution is -0.140. The Morgan fingerprint density at radius 1 is 0.760 bits per heavy atom. The van der Waals surface area contributed by atoms with Gasteiger partial charge in [0.25, 0.3) is 10.0 Å². The molecule has 0 bridgehead atoms. The van der Waals surface area contributed by atoms with E-state index in [1.807, 2.05) is 48.5 Å². The molecule has 1 atom stereocenters. The standard InChI is InChI=1S/C39H45N3O7S/c1-47-33-21-13-16-30(24-33)27-41(35(25-29-14-7-4-8-15-29)39(44)40-31-17-9-5-10-18-31)38(43)28-42(32-19-11-6-12-20-32)50(45,46)34-22-23-36(48-2)37(26-34)49-3/h4,6-8,11-16,19-24,26,31,35H,5,9-10,17-18,25,27-28H2,1-3H3,(H,40,44)/t35-/m0/s1. The van der Waals surface area contributed by atoms with Crippen molar-refractivity contribution >= 4 is 27.5 Å². The highest BCUT2D eigenvalue weighted by Gasteiger charge is 2.35. The summed E-state index contributed by atoms with van der Waals surface area (Å²) >= 11 is 0. The van der Waals surface area contributed by atoms with Crippen molar-refractivity contribution in [1.82, 2.24) is 10.2 Å². The van der Waals surface area contributed by atoms with Gasteiger partial charge in [0.2, 0.25) is 11.8 Å². The van der Waals surface area contributed by atoms with Gasteiger partial charge in [-0.25, -0.2) is 8.42 Å². The van der Waals surface area contributed by atoms with Gasteiger partial charge in [-0.3, -0.25) is 13.9 Å². The van der Waals surface area contributed by atoms with E-state index >= 15 is 0 Å². The number of hydrogen-bond donors (Lipinski definition) is 1. The summed E-state index contributed by atoms with van der Waals surface area (Å²) < 4.78 is 46.1. The summed E-state index contributed by atoms with van der Waals surface area (Å²) in [5, 5.41) is 3.23. The molecule has 0 aliphatic heterocycles. The first-order valence-electron chi connectivity index (χ1n) is 16.8. The maximum Gasteiger partial charge on any atom is 0.264 e. The molecule has 1 aliphatic carbocycles. The van der Waals surface area contributed by atoms with Gasteiger partial charge >= 0.3 is 0 Å². The summed E-state index contributed by atoms with van der Waals surface area (Å²) in [6, 6.07) is 28.7. The van der Waals surface area contributed by atoms with Crippen LogP contribution in [0.25, 0.3) is 0 Å². The fourth-order valence-electron chi connectivity index (χ4n) is 6.29. The highest BCUT2D eigenvalue weighted by molar-refractivity contribution is 7.92. The Kier molecular flexibility index (Phi) is 12.4. The van der Waals surface area contributed by atoms with Gasteiger partial charge in [0.1, 0.15) is 18.3 Å². The van der Waals surface area contributed by atoms with Gasteiger partial charge in [0.05, 0.1) is 31.9 Å². The molecule has 1 saturated carbocycles. The van der Waals surface area contributed by atoms with E-state index in [9.17, 15) is 18.0 Å². The third kappa shape index (κ3) is 8.95. The molecule has 2 amide bonds. The van der Waals surface area contributed by atoms with Crippen LogP contribution in [0.3, 0.4) is 0 Å². The van der Waals surface area contributed by atoms with Crippen molar-refractivity contribution in [2.24, 2.45) is 0 Å². The van der Waals surface area contributed by atoms with Crippen molar-refractivity contribution in [2.75, 3.05) is 32.2 Å². The molecule has 5 rings (SSSR count). The number of carbonyl (C=O) groups excluding carboxylic acids is 2. The van der Waals surface area contributed by atoms with Crippen LogP contribution in [0.2, 0.25) is 0 Å². The Morgan fingerprint density at radius 3 is 2.08 bits per heavy atom. The maximum absolute atomic E-state index is 14.8. The monoisotopic (exact) mass is 699 g/mol. The summed E-state index contributed by atoms with van der Waals surface area (Å²) in [6.07, 6.45) is 5.17. The molecule has 11 heteroatoms. The molecule has 0 aromatic heterocycles. The predicted molar refractivity (Wildman–Crippen MR) is 193 cm³/mol. The third-order valence-electron chi connectivity index (χ3n) is 8.98. The number of para-hydroxylation sites is 1. The van der Waals surface area contributed by atoms with E-state index in [1.54, 1.807) is 43.5 Å². The van der Waals surface area contributed by atoms with Gasteiger partial charge in [0, 0.05) is 25.1 Å². The van der Waals surface area contributed by atoms with Crippen LogP contribution < -0.4 is 23.8 Å². The van der Waals surface area contributed by atoms with E-state index in [0.717, 1.165) is 47.5 Å². The number of benzene rings is 4. The summed E-state index contributed by atoms with van der Waals surface area (Å²) in [4.78, 5) is 30.5. The van der Waals surface area contributed by atoms with Gasteiger partial charge in [0.15, 0.2) is 11.5 Å². The molecule has 4 aromatic carbocycles. The van der Waals surface area contributed by atoms with Crippen LogP contribution >= 0.6 is 0 Å².